The standard InChI is InChI=1S/C29H46O3/c1-4-6-8-10-12-14-18-22-31-27-24-28(30-3)29(26-21-17-16-20-25(26)27)32-23-19-15-13-11-9-7-5-2/h16-17,20-21,24H,4-15,18-19,22-23H2,1-3H3. The number of methoxy groups -OCH3 is 1. The molecule has 32 heavy (non-hydrogen) atoms. The van der Waals surface area contributed by atoms with Crippen LogP contribution < -0.4 is 14.2 Å². The average molecular weight is 443 g/mol. The van der Waals surface area contributed by atoms with Crippen LogP contribution in [0.5, 0.6) is 17.2 Å². The smallest absolute Gasteiger partial charge is 0.169 e. The molecular formula is C29H46O3. The topological polar surface area (TPSA) is 27.7 Å². The second-order valence-corrected chi connectivity index (χ2v) is 8.89. The quantitative estimate of drug-likeness (QED) is 0.203. The maximum atomic E-state index is 6.23. The van der Waals surface area contributed by atoms with Crippen LogP contribution in [-0.2, 0) is 0 Å². The van der Waals surface area contributed by atoms with E-state index in [9.17, 15) is 0 Å². The Morgan fingerprint density at radius 1 is 0.562 bits per heavy atom. The molecule has 0 aromatic heterocycles. The Kier molecular flexibility index (Phi) is 13.7. The predicted octanol–water partition coefficient (Wildman–Crippen LogP) is 9.11. The zero-order valence-electron chi connectivity index (χ0n) is 20.9. The fraction of sp³-hybridized carbons (Fsp3) is 0.655. The maximum Gasteiger partial charge on any atom is 0.169 e. The van der Waals surface area contributed by atoms with E-state index in [0.717, 1.165) is 54.1 Å². The van der Waals surface area contributed by atoms with Gasteiger partial charge < -0.3 is 14.2 Å². The summed E-state index contributed by atoms with van der Waals surface area (Å²) < 4.78 is 18.1. The Bertz CT molecular complexity index is 741. The van der Waals surface area contributed by atoms with Gasteiger partial charge in [-0.05, 0) is 12.8 Å². The molecule has 0 aliphatic rings. The van der Waals surface area contributed by atoms with Gasteiger partial charge in [-0.1, -0.05) is 115 Å². The van der Waals surface area contributed by atoms with E-state index in [1.54, 1.807) is 7.11 Å². The molecule has 0 N–H and O–H groups in total. The molecule has 180 valence electrons. The molecule has 0 amide bonds. The lowest BCUT2D eigenvalue weighted by Crippen LogP contribution is -2.03. The molecule has 0 saturated heterocycles. The molecule has 0 fully saturated rings. The number of rotatable bonds is 19. The van der Waals surface area contributed by atoms with Crippen LogP contribution in [-0.4, -0.2) is 20.3 Å². The molecule has 0 bridgehead atoms. The lowest BCUT2D eigenvalue weighted by molar-refractivity contribution is 0.283. The normalized spacial score (nSPS) is 11.1. The van der Waals surface area contributed by atoms with Crippen LogP contribution in [0.4, 0.5) is 0 Å². The predicted molar refractivity (Wildman–Crippen MR) is 137 cm³/mol. The van der Waals surface area contributed by atoms with Crippen LogP contribution >= 0.6 is 0 Å². The lowest BCUT2D eigenvalue weighted by Gasteiger charge is -2.17. The van der Waals surface area contributed by atoms with Crippen molar-refractivity contribution in [3.05, 3.63) is 30.3 Å². The molecule has 2 aromatic rings. The number of unbranched alkanes of at least 4 members (excludes halogenated alkanes) is 12. The van der Waals surface area contributed by atoms with Crippen molar-refractivity contribution in [2.24, 2.45) is 0 Å². The van der Waals surface area contributed by atoms with Gasteiger partial charge in [0.1, 0.15) is 5.75 Å². The minimum atomic E-state index is 0.729. The zero-order valence-corrected chi connectivity index (χ0v) is 20.9. The van der Waals surface area contributed by atoms with Crippen LogP contribution in [0.15, 0.2) is 30.3 Å². The van der Waals surface area contributed by atoms with Crippen molar-refractivity contribution >= 4 is 10.8 Å². The Labute approximate surface area is 196 Å². The highest BCUT2D eigenvalue weighted by Gasteiger charge is 2.15. The SMILES string of the molecule is CCCCCCCCCOc1cc(OC)c(OCCCCCCCCC)c2ccccc12. The minimum absolute atomic E-state index is 0.729. The van der Waals surface area contributed by atoms with Crippen LogP contribution in [0.2, 0.25) is 0 Å². The number of hydrogen-bond acceptors (Lipinski definition) is 3. The number of benzene rings is 2. The molecule has 2 rings (SSSR count). The van der Waals surface area contributed by atoms with Gasteiger partial charge in [0.05, 0.1) is 20.3 Å². The van der Waals surface area contributed by atoms with Crippen LogP contribution in [0.25, 0.3) is 10.8 Å². The fourth-order valence-electron chi connectivity index (χ4n) is 4.19. The van der Waals surface area contributed by atoms with Crippen molar-refractivity contribution in [3.8, 4) is 17.2 Å². The molecule has 3 heteroatoms. The monoisotopic (exact) mass is 442 g/mol. The van der Waals surface area contributed by atoms with E-state index in [1.807, 2.05) is 6.07 Å². The Morgan fingerprint density at radius 2 is 1.06 bits per heavy atom. The molecule has 0 saturated carbocycles. The summed E-state index contributed by atoms with van der Waals surface area (Å²) in [6, 6.07) is 10.4. The summed E-state index contributed by atoms with van der Waals surface area (Å²) in [7, 11) is 1.71. The molecule has 0 spiro atoms. The highest BCUT2D eigenvalue weighted by molar-refractivity contribution is 5.95. The van der Waals surface area contributed by atoms with Gasteiger partial charge in [-0.15, -0.1) is 0 Å². The molecular weight excluding hydrogens is 396 g/mol. The molecule has 0 atom stereocenters. The first-order valence-electron chi connectivity index (χ1n) is 13.2. The van der Waals surface area contributed by atoms with Crippen molar-refractivity contribution < 1.29 is 14.2 Å². The van der Waals surface area contributed by atoms with Gasteiger partial charge in [0, 0.05) is 16.8 Å². The minimum Gasteiger partial charge on any atom is -0.493 e. The average Bonchev–Trinajstić information content (AvgIpc) is 2.82. The van der Waals surface area contributed by atoms with Crippen molar-refractivity contribution in [1.29, 1.82) is 0 Å². The molecule has 3 nitrogen and oxygen atoms in total. The van der Waals surface area contributed by atoms with E-state index in [0.29, 0.717) is 0 Å². The van der Waals surface area contributed by atoms with Gasteiger partial charge in [0.25, 0.3) is 0 Å². The molecule has 2 aromatic carbocycles. The number of ether oxygens (including phenoxy) is 3. The number of fused-ring (bicyclic) bond motifs is 1. The Balaban J connectivity index is 1.89. The first-order valence-corrected chi connectivity index (χ1v) is 13.2. The summed E-state index contributed by atoms with van der Waals surface area (Å²) in [5, 5.41) is 2.18. The van der Waals surface area contributed by atoms with Gasteiger partial charge >= 0.3 is 0 Å². The summed E-state index contributed by atoms with van der Waals surface area (Å²) in [4.78, 5) is 0. The van der Waals surface area contributed by atoms with Crippen LogP contribution in [0.3, 0.4) is 0 Å². The highest BCUT2D eigenvalue weighted by atomic mass is 16.5. The molecule has 0 unspecified atom stereocenters. The third-order valence-electron chi connectivity index (χ3n) is 6.14. The first kappa shape index (κ1) is 26.4. The van der Waals surface area contributed by atoms with E-state index in [2.05, 4.69) is 38.1 Å². The fourth-order valence-corrected chi connectivity index (χ4v) is 4.19. The van der Waals surface area contributed by atoms with Gasteiger partial charge in [0.15, 0.2) is 11.5 Å². The second-order valence-electron chi connectivity index (χ2n) is 8.89. The summed E-state index contributed by atoms with van der Waals surface area (Å²) >= 11 is 0. The van der Waals surface area contributed by atoms with E-state index in [-0.39, 0.29) is 0 Å². The van der Waals surface area contributed by atoms with Crippen molar-refractivity contribution in [2.75, 3.05) is 20.3 Å². The Hall–Kier alpha value is -1.90. The summed E-state index contributed by atoms with van der Waals surface area (Å²) in [6.07, 6.45) is 18.0. The summed E-state index contributed by atoms with van der Waals surface area (Å²) in [5.41, 5.74) is 0. The zero-order chi connectivity index (χ0) is 22.9. The van der Waals surface area contributed by atoms with Crippen LogP contribution in [0.1, 0.15) is 104 Å². The summed E-state index contributed by atoms with van der Waals surface area (Å²) in [6.45, 7) is 6.00. The maximum absolute atomic E-state index is 6.23. The Morgan fingerprint density at radius 3 is 1.62 bits per heavy atom. The van der Waals surface area contributed by atoms with E-state index >= 15 is 0 Å². The first-order chi connectivity index (χ1) is 15.8. The molecule has 0 aliphatic heterocycles. The lowest BCUT2D eigenvalue weighted by atomic mass is 10.1. The third kappa shape index (κ3) is 9.30. The summed E-state index contributed by atoms with van der Waals surface area (Å²) in [5.74, 6) is 2.50. The second kappa shape index (κ2) is 16.7. The number of hydrogen-bond donors (Lipinski definition) is 0. The van der Waals surface area contributed by atoms with Crippen molar-refractivity contribution in [3.63, 3.8) is 0 Å². The van der Waals surface area contributed by atoms with Gasteiger partial charge in [-0.2, -0.15) is 0 Å². The van der Waals surface area contributed by atoms with Gasteiger partial charge in [-0.3, -0.25) is 0 Å². The van der Waals surface area contributed by atoms with Gasteiger partial charge in [-0.25, -0.2) is 0 Å². The third-order valence-corrected chi connectivity index (χ3v) is 6.14. The molecule has 0 heterocycles. The van der Waals surface area contributed by atoms with E-state index in [4.69, 9.17) is 14.2 Å². The highest BCUT2D eigenvalue weighted by Crippen LogP contribution is 2.41. The molecule has 0 aliphatic carbocycles. The van der Waals surface area contributed by atoms with E-state index < -0.39 is 0 Å². The van der Waals surface area contributed by atoms with Crippen molar-refractivity contribution in [1.82, 2.24) is 0 Å². The van der Waals surface area contributed by atoms with E-state index in [1.165, 1.54) is 77.0 Å². The van der Waals surface area contributed by atoms with Crippen molar-refractivity contribution in [2.45, 2.75) is 104 Å². The largest absolute Gasteiger partial charge is 0.493 e. The van der Waals surface area contributed by atoms with Gasteiger partial charge in [0.2, 0.25) is 0 Å². The van der Waals surface area contributed by atoms with Crippen LogP contribution in [0, 0.1) is 0 Å². The molecule has 0 radical (unpaired) electrons.